The number of unbranched alkanes of at least 4 members (excludes halogenated alkanes) is 3. The first-order valence-corrected chi connectivity index (χ1v) is 27.0. The molecule has 0 radical (unpaired) electrons. The minimum Gasteiger partial charge on any atom is -0.413 e. The lowest BCUT2D eigenvalue weighted by Gasteiger charge is -2.47. The molecule has 0 amide bonds. The number of hydrogen-bond acceptors (Lipinski definition) is 4. The molecule has 296 valence electrons. The van der Waals surface area contributed by atoms with E-state index in [1.54, 1.807) is 5.57 Å². The lowest BCUT2D eigenvalue weighted by atomic mass is 9.57. The molecular formula is C46H80O4Si2. The van der Waals surface area contributed by atoms with Crippen molar-refractivity contribution < 1.29 is 18.8 Å². The Morgan fingerprint density at radius 3 is 2.13 bits per heavy atom. The SMILES string of the molecule is C=C1/C(=C\C=C2/CCC[C@]3(C)[C@@H](C(C)(C)/C=C/C(O)C4(CCCCCC=O)CC4)CC[C@@H]23)C[C@@H](O[Si](C)(C)C(C)(C)C)C[C@@H]1O[Si](C)(C)C(C)(C)C. The zero-order chi connectivity index (χ0) is 39.0. The predicted octanol–water partition coefficient (Wildman–Crippen LogP) is 13.1. The van der Waals surface area contributed by atoms with Gasteiger partial charge in [-0.3, -0.25) is 0 Å². The Bertz CT molecular complexity index is 1350. The molecule has 0 bridgehead atoms. The molecule has 4 aliphatic rings. The van der Waals surface area contributed by atoms with E-state index >= 15 is 0 Å². The van der Waals surface area contributed by atoms with Crippen LogP contribution in [-0.2, 0) is 13.6 Å². The van der Waals surface area contributed by atoms with Crippen LogP contribution in [0.5, 0.6) is 0 Å². The van der Waals surface area contributed by atoms with Crippen molar-refractivity contribution in [2.24, 2.45) is 28.1 Å². The van der Waals surface area contributed by atoms with Crippen molar-refractivity contribution in [3.05, 3.63) is 47.6 Å². The summed E-state index contributed by atoms with van der Waals surface area (Å²) >= 11 is 0. The summed E-state index contributed by atoms with van der Waals surface area (Å²) in [4.78, 5) is 10.7. The second-order valence-corrected chi connectivity index (χ2v) is 31.1. The molecule has 6 heteroatoms. The number of aldehydes is 1. The number of fused-ring (bicyclic) bond motifs is 1. The van der Waals surface area contributed by atoms with E-state index in [0.717, 1.165) is 57.7 Å². The molecule has 0 saturated heterocycles. The lowest BCUT2D eigenvalue weighted by Crippen LogP contribution is -2.49. The Labute approximate surface area is 323 Å². The summed E-state index contributed by atoms with van der Waals surface area (Å²) in [5.41, 5.74) is 4.45. The summed E-state index contributed by atoms with van der Waals surface area (Å²) in [6.45, 7) is 35.6. The van der Waals surface area contributed by atoms with Crippen molar-refractivity contribution in [3.63, 3.8) is 0 Å². The average molecular weight is 753 g/mol. The van der Waals surface area contributed by atoms with Crippen LogP contribution in [0.25, 0.3) is 0 Å². The maximum absolute atomic E-state index is 11.4. The fourth-order valence-corrected chi connectivity index (χ4v) is 12.3. The monoisotopic (exact) mass is 753 g/mol. The van der Waals surface area contributed by atoms with Crippen LogP contribution < -0.4 is 0 Å². The van der Waals surface area contributed by atoms with Gasteiger partial charge in [0.25, 0.3) is 0 Å². The van der Waals surface area contributed by atoms with Crippen molar-refractivity contribution >= 4 is 22.9 Å². The largest absolute Gasteiger partial charge is 0.413 e. The second kappa shape index (κ2) is 16.2. The molecule has 1 N–H and O–H groups in total. The summed E-state index contributed by atoms with van der Waals surface area (Å²) in [6.07, 6.45) is 25.4. The van der Waals surface area contributed by atoms with Gasteiger partial charge in [-0.05, 0) is 140 Å². The molecule has 0 heterocycles. The quantitative estimate of drug-likeness (QED) is 0.0783. The minimum absolute atomic E-state index is 0.00159. The predicted molar refractivity (Wildman–Crippen MR) is 227 cm³/mol. The summed E-state index contributed by atoms with van der Waals surface area (Å²) < 4.78 is 14.2. The zero-order valence-corrected chi connectivity index (χ0v) is 38.1. The van der Waals surface area contributed by atoms with E-state index in [1.165, 1.54) is 43.3 Å². The van der Waals surface area contributed by atoms with E-state index in [0.29, 0.717) is 18.3 Å². The standard InChI is InChI=1S/C46H80O4Si2/c1-34-36(32-37(49-51(11,12)42(2,3)4)33-39(34)50-52(13,14)43(5,6)7)22-21-35-20-19-26-45(10)38(35)23-24-40(45)44(8,9)28-25-41(48)46(29-30-46)27-17-15-16-18-31-47/h21-22,25,28,31,37-41,48H,1,15-20,23-24,26-27,29-30,32-33H2,2-14H3/b28-25+,35-21+,36-22-/t37-,38+,39+,40-,41?,45+/m1/s1. The van der Waals surface area contributed by atoms with E-state index < -0.39 is 16.6 Å². The van der Waals surface area contributed by atoms with Gasteiger partial charge in [-0.15, -0.1) is 0 Å². The van der Waals surface area contributed by atoms with Crippen molar-refractivity contribution in [1.29, 1.82) is 0 Å². The van der Waals surface area contributed by atoms with Gasteiger partial charge in [-0.25, -0.2) is 0 Å². The van der Waals surface area contributed by atoms with E-state index in [9.17, 15) is 9.90 Å². The number of aliphatic hydroxyl groups excluding tert-OH is 1. The molecule has 0 aromatic carbocycles. The molecule has 0 aliphatic heterocycles. The highest BCUT2D eigenvalue weighted by Gasteiger charge is 2.54. The molecule has 0 aromatic rings. The first kappa shape index (κ1) is 43.7. The number of aliphatic hydroxyl groups is 1. The van der Waals surface area contributed by atoms with Crippen LogP contribution in [0.4, 0.5) is 0 Å². The van der Waals surface area contributed by atoms with Crippen molar-refractivity contribution in [3.8, 4) is 0 Å². The highest BCUT2D eigenvalue weighted by atomic mass is 28.4. The smallest absolute Gasteiger partial charge is 0.192 e. The minimum atomic E-state index is -2.01. The second-order valence-electron chi connectivity index (χ2n) is 21.6. The number of hydrogen-bond donors (Lipinski definition) is 1. The lowest BCUT2D eigenvalue weighted by molar-refractivity contribution is -0.107. The maximum atomic E-state index is 11.4. The van der Waals surface area contributed by atoms with Crippen LogP contribution in [0, 0.1) is 28.1 Å². The van der Waals surface area contributed by atoms with Gasteiger partial charge in [0.2, 0.25) is 0 Å². The van der Waals surface area contributed by atoms with Gasteiger partial charge in [0.15, 0.2) is 16.6 Å². The van der Waals surface area contributed by atoms with Crippen LogP contribution in [-0.4, -0.2) is 46.3 Å². The first-order chi connectivity index (χ1) is 23.9. The molecule has 0 aromatic heterocycles. The molecule has 4 saturated carbocycles. The summed E-state index contributed by atoms with van der Waals surface area (Å²) in [5.74, 6) is 1.18. The molecular weight excluding hydrogens is 673 g/mol. The van der Waals surface area contributed by atoms with Crippen molar-refractivity contribution in [2.45, 2.75) is 207 Å². The summed E-state index contributed by atoms with van der Waals surface area (Å²) in [5, 5.41) is 11.7. The van der Waals surface area contributed by atoms with Crippen LogP contribution in [0.2, 0.25) is 36.3 Å². The zero-order valence-electron chi connectivity index (χ0n) is 36.1. The van der Waals surface area contributed by atoms with Gasteiger partial charge in [-0.2, -0.15) is 0 Å². The Balaban J connectivity index is 1.53. The van der Waals surface area contributed by atoms with E-state index in [2.05, 4.69) is 113 Å². The fraction of sp³-hybridized carbons (Fsp3) is 0.804. The van der Waals surface area contributed by atoms with Gasteiger partial charge in [0, 0.05) is 12.8 Å². The number of carbonyl (C=O) groups is 1. The van der Waals surface area contributed by atoms with Gasteiger partial charge < -0.3 is 18.8 Å². The molecule has 6 atom stereocenters. The topological polar surface area (TPSA) is 55.8 Å². The van der Waals surface area contributed by atoms with Crippen molar-refractivity contribution in [2.75, 3.05) is 0 Å². The van der Waals surface area contributed by atoms with Gasteiger partial charge in [0.1, 0.15) is 6.29 Å². The Morgan fingerprint density at radius 1 is 0.904 bits per heavy atom. The molecule has 4 rings (SSSR count). The fourth-order valence-electron chi connectivity index (χ4n) is 9.62. The van der Waals surface area contributed by atoms with Crippen LogP contribution in [0.1, 0.15) is 152 Å². The van der Waals surface area contributed by atoms with Gasteiger partial charge >= 0.3 is 0 Å². The van der Waals surface area contributed by atoms with E-state index in [1.807, 2.05) is 0 Å². The third-order valence-corrected chi connectivity index (χ3v) is 24.3. The Kier molecular flexibility index (Phi) is 13.6. The van der Waals surface area contributed by atoms with Crippen LogP contribution in [0.3, 0.4) is 0 Å². The van der Waals surface area contributed by atoms with E-state index in [-0.39, 0.29) is 44.6 Å². The average Bonchev–Trinajstić information content (AvgIpc) is 3.72. The Morgan fingerprint density at radius 2 is 1.54 bits per heavy atom. The molecule has 4 nitrogen and oxygen atoms in total. The molecule has 52 heavy (non-hydrogen) atoms. The van der Waals surface area contributed by atoms with Crippen LogP contribution in [0.15, 0.2) is 47.6 Å². The number of rotatable bonds is 15. The summed E-state index contributed by atoms with van der Waals surface area (Å²) in [7, 11) is -3.97. The van der Waals surface area contributed by atoms with E-state index in [4.69, 9.17) is 15.4 Å². The Hall–Kier alpha value is -1.06. The number of carbonyl (C=O) groups excluding carboxylic acids is 1. The van der Waals surface area contributed by atoms with Crippen molar-refractivity contribution in [1.82, 2.24) is 0 Å². The molecule has 0 spiro atoms. The highest BCUT2D eigenvalue weighted by molar-refractivity contribution is 6.74. The molecule has 4 fully saturated rings. The first-order valence-electron chi connectivity index (χ1n) is 21.1. The third-order valence-electron chi connectivity index (χ3n) is 15.3. The van der Waals surface area contributed by atoms with Gasteiger partial charge in [-0.1, -0.05) is 112 Å². The van der Waals surface area contributed by atoms with Crippen LogP contribution >= 0.6 is 0 Å². The number of allylic oxidation sites excluding steroid dienone is 4. The summed E-state index contributed by atoms with van der Waals surface area (Å²) in [6, 6.07) is 0. The highest BCUT2D eigenvalue weighted by Crippen LogP contribution is 2.62. The third kappa shape index (κ3) is 9.84. The maximum Gasteiger partial charge on any atom is 0.192 e. The molecule has 4 aliphatic carbocycles. The van der Waals surface area contributed by atoms with Gasteiger partial charge in [0.05, 0.1) is 18.3 Å². The molecule has 1 unspecified atom stereocenters. The normalized spacial score (nSPS) is 31.0.